The second-order valence-corrected chi connectivity index (χ2v) is 4.19. The Balaban J connectivity index is 1.90. The number of fused-ring (bicyclic) bond motifs is 1. The van der Waals surface area contributed by atoms with Gasteiger partial charge in [0.05, 0.1) is 17.8 Å². The van der Waals surface area contributed by atoms with Crippen molar-refractivity contribution >= 4 is 17.4 Å². The molecule has 1 aliphatic heterocycles. The summed E-state index contributed by atoms with van der Waals surface area (Å²) in [6, 6.07) is 5.89. The third-order valence-corrected chi connectivity index (χ3v) is 3.05. The average Bonchev–Trinajstić information content (AvgIpc) is 2.99. The fourth-order valence-electron chi connectivity index (χ4n) is 2.16. The van der Waals surface area contributed by atoms with E-state index in [4.69, 9.17) is 0 Å². The van der Waals surface area contributed by atoms with Crippen molar-refractivity contribution in [1.82, 2.24) is 9.78 Å². The number of halogens is 1. The summed E-state index contributed by atoms with van der Waals surface area (Å²) in [7, 11) is 0. The van der Waals surface area contributed by atoms with Crippen LogP contribution in [0.1, 0.15) is 10.4 Å². The quantitative estimate of drug-likeness (QED) is 0.779. The zero-order chi connectivity index (χ0) is 13.4. The SMILES string of the molecule is O=C1C(=O)N(CCn2cccn2)c2c(F)cccc21. The first-order valence-corrected chi connectivity index (χ1v) is 5.80. The Bertz CT molecular complexity index is 652. The van der Waals surface area contributed by atoms with E-state index in [1.807, 2.05) is 0 Å². The molecule has 0 bridgehead atoms. The molecule has 6 heteroatoms. The van der Waals surface area contributed by atoms with Gasteiger partial charge in [-0.3, -0.25) is 14.3 Å². The zero-order valence-corrected chi connectivity index (χ0v) is 9.91. The lowest BCUT2D eigenvalue weighted by Crippen LogP contribution is -2.33. The molecule has 19 heavy (non-hydrogen) atoms. The number of benzene rings is 1. The second kappa shape index (κ2) is 4.31. The van der Waals surface area contributed by atoms with Crippen molar-refractivity contribution in [2.24, 2.45) is 0 Å². The van der Waals surface area contributed by atoms with Gasteiger partial charge in [0, 0.05) is 18.9 Å². The smallest absolute Gasteiger partial charge is 0.299 e. The predicted molar refractivity (Wildman–Crippen MR) is 65.3 cm³/mol. The number of carbonyl (C=O) groups excluding carboxylic acids is 2. The van der Waals surface area contributed by atoms with Gasteiger partial charge in [-0.25, -0.2) is 4.39 Å². The maximum Gasteiger partial charge on any atom is 0.299 e. The lowest BCUT2D eigenvalue weighted by molar-refractivity contribution is -0.114. The third-order valence-electron chi connectivity index (χ3n) is 3.05. The predicted octanol–water partition coefficient (Wildman–Crippen LogP) is 1.25. The zero-order valence-electron chi connectivity index (χ0n) is 9.91. The highest BCUT2D eigenvalue weighted by Crippen LogP contribution is 2.31. The molecule has 3 rings (SSSR count). The third kappa shape index (κ3) is 1.81. The van der Waals surface area contributed by atoms with Crippen LogP contribution in [0.5, 0.6) is 0 Å². The van der Waals surface area contributed by atoms with Crippen molar-refractivity contribution in [3.8, 4) is 0 Å². The van der Waals surface area contributed by atoms with E-state index in [1.165, 1.54) is 23.1 Å². The lowest BCUT2D eigenvalue weighted by atomic mass is 10.1. The van der Waals surface area contributed by atoms with Gasteiger partial charge in [0.15, 0.2) is 0 Å². The van der Waals surface area contributed by atoms with Crippen molar-refractivity contribution in [2.45, 2.75) is 6.54 Å². The van der Waals surface area contributed by atoms with E-state index in [0.717, 1.165) is 0 Å². The molecular formula is C13H10FN3O2. The Morgan fingerprint density at radius 1 is 1.16 bits per heavy atom. The minimum absolute atomic E-state index is 0.0738. The van der Waals surface area contributed by atoms with Crippen LogP contribution in [0.4, 0.5) is 10.1 Å². The molecule has 0 saturated carbocycles. The summed E-state index contributed by atoms with van der Waals surface area (Å²) < 4.78 is 15.4. The van der Waals surface area contributed by atoms with E-state index in [9.17, 15) is 14.0 Å². The van der Waals surface area contributed by atoms with Crippen LogP contribution >= 0.6 is 0 Å². The van der Waals surface area contributed by atoms with Crippen LogP contribution in [0.25, 0.3) is 0 Å². The molecule has 1 amide bonds. The van der Waals surface area contributed by atoms with Crippen molar-refractivity contribution in [2.75, 3.05) is 11.4 Å². The van der Waals surface area contributed by atoms with Gasteiger partial charge in [-0.2, -0.15) is 5.10 Å². The number of amides is 1. The summed E-state index contributed by atoms with van der Waals surface area (Å²) in [4.78, 5) is 24.8. The molecule has 96 valence electrons. The van der Waals surface area contributed by atoms with E-state index in [2.05, 4.69) is 5.10 Å². The van der Waals surface area contributed by atoms with Crippen LogP contribution in [-0.4, -0.2) is 28.0 Å². The number of hydrogen-bond donors (Lipinski definition) is 0. The first-order valence-electron chi connectivity index (χ1n) is 5.80. The monoisotopic (exact) mass is 259 g/mol. The molecule has 0 fully saturated rings. The van der Waals surface area contributed by atoms with Gasteiger partial charge in [-0.15, -0.1) is 0 Å². The average molecular weight is 259 g/mol. The van der Waals surface area contributed by atoms with Crippen LogP contribution in [0.15, 0.2) is 36.7 Å². The molecule has 0 atom stereocenters. The minimum Gasteiger partial charge on any atom is -0.300 e. The van der Waals surface area contributed by atoms with Gasteiger partial charge < -0.3 is 4.90 Å². The van der Waals surface area contributed by atoms with Crippen LogP contribution in [0, 0.1) is 5.82 Å². The minimum atomic E-state index is -0.688. The molecule has 0 saturated heterocycles. The fraction of sp³-hybridized carbons (Fsp3) is 0.154. The van der Waals surface area contributed by atoms with Crippen LogP contribution in [0.2, 0.25) is 0 Å². The number of anilines is 1. The van der Waals surface area contributed by atoms with Gasteiger partial charge >= 0.3 is 0 Å². The van der Waals surface area contributed by atoms with Crippen molar-refractivity contribution in [3.05, 3.63) is 48.0 Å². The Morgan fingerprint density at radius 3 is 2.74 bits per heavy atom. The number of Topliss-reactive ketones (excluding diaryl/α,β-unsaturated/α-hetero) is 1. The van der Waals surface area contributed by atoms with Gasteiger partial charge in [0.1, 0.15) is 5.82 Å². The van der Waals surface area contributed by atoms with Crippen molar-refractivity contribution < 1.29 is 14.0 Å². The largest absolute Gasteiger partial charge is 0.300 e. The van der Waals surface area contributed by atoms with Gasteiger partial charge in [0.2, 0.25) is 0 Å². The van der Waals surface area contributed by atoms with Crippen LogP contribution < -0.4 is 4.90 Å². The van der Waals surface area contributed by atoms with E-state index < -0.39 is 17.5 Å². The van der Waals surface area contributed by atoms with Crippen molar-refractivity contribution in [1.29, 1.82) is 0 Å². The van der Waals surface area contributed by atoms with Gasteiger partial charge in [-0.1, -0.05) is 6.07 Å². The Labute approximate surface area is 108 Å². The highest BCUT2D eigenvalue weighted by Gasteiger charge is 2.37. The molecule has 0 radical (unpaired) electrons. The highest BCUT2D eigenvalue weighted by molar-refractivity contribution is 6.52. The molecular weight excluding hydrogens is 249 g/mol. The summed E-state index contributed by atoms with van der Waals surface area (Å²) in [6.45, 7) is 0.611. The van der Waals surface area contributed by atoms with E-state index in [-0.39, 0.29) is 17.8 Å². The van der Waals surface area contributed by atoms with Gasteiger partial charge in [-0.05, 0) is 18.2 Å². The normalized spacial score (nSPS) is 14.1. The second-order valence-electron chi connectivity index (χ2n) is 4.19. The molecule has 5 nitrogen and oxygen atoms in total. The first-order chi connectivity index (χ1) is 9.18. The molecule has 1 aromatic heterocycles. The summed E-state index contributed by atoms with van der Waals surface area (Å²) in [6.07, 6.45) is 3.36. The Hall–Kier alpha value is -2.50. The standard InChI is InChI=1S/C13H10FN3O2/c14-10-4-1-3-9-11(10)17(13(19)12(9)18)8-7-16-6-2-5-15-16/h1-6H,7-8H2. The number of para-hydroxylation sites is 1. The van der Waals surface area contributed by atoms with E-state index in [0.29, 0.717) is 6.54 Å². The maximum absolute atomic E-state index is 13.8. The molecule has 0 aliphatic carbocycles. The number of rotatable bonds is 3. The molecule has 0 N–H and O–H groups in total. The number of nitrogens with zero attached hydrogens (tertiary/aromatic N) is 3. The fourth-order valence-corrected chi connectivity index (χ4v) is 2.16. The number of carbonyl (C=O) groups is 2. The Morgan fingerprint density at radius 2 is 2.00 bits per heavy atom. The molecule has 1 aromatic carbocycles. The summed E-state index contributed by atoms with van der Waals surface area (Å²) in [5.41, 5.74) is 0.204. The highest BCUT2D eigenvalue weighted by atomic mass is 19.1. The number of ketones is 1. The van der Waals surface area contributed by atoms with Crippen LogP contribution in [-0.2, 0) is 11.3 Å². The molecule has 0 unspecified atom stereocenters. The summed E-state index contributed by atoms with van der Waals surface area (Å²) in [5, 5.41) is 4.00. The molecule has 2 heterocycles. The Kier molecular flexibility index (Phi) is 2.63. The maximum atomic E-state index is 13.8. The lowest BCUT2D eigenvalue weighted by Gasteiger charge is -2.16. The topological polar surface area (TPSA) is 55.2 Å². The molecule has 2 aromatic rings. The van der Waals surface area contributed by atoms with E-state index in [1.54, 1.807) is 23.1 Å². The summed E-state index contributed by atoms with van der Waals surface area (Å²) in [5.74, 6) is -1.90. The van der Waals surface area contributed by atoms with Crippen LogP contribution in [0.3, 0.4) is 0 Å². The first kappa shape index (κ1) is 11.6. The summed E-state index contributed by atoms with van der Waals surface area (Å²) >= 11 is 0. The van der Waals surface area contributed by atoms with E-state index >= 15 is 0 Å². The number of hydrogen-bond acceptors (Lipinski definition) is 3. The van der Waals surface area contributed by atoms with Crippen molar-refractivity contribution in [3.63, 3.8) is 0 Å². The molecule has 0 spiro atoms. The molecule has 1 aliphatic rings. The number of aromatic nitrogens is 2. The van der Waals surface area contributed by atoms with Gasteiger partial charge in [0.25, 0.3) is 11.7 Å².